The van der Waals surface area contributed by atoms with Crippen LogP contribution in [0.1, 0.15) is 55.4 Å². The van der Waals surface area contributed by atoms with Crippen LogP contribution in [-0.2, 0) is 17.8 Å². The van der Waals surface area contributed by atoms with Gasteiger partial charge in [0.1, 0.15) is 23.7 Å². The Kier molecular flexibility index (Phi) is 6.24. The predicted molar refractivity (Wildman–Crippen MR) is 133 cm³/mol. The molecule has 10 heteroatoms. The normalized spacial score (nSPS) is 20.1. The summed E-state index contributed by atoms with van der Waals surface area (Å²) in [5.74, 6) is 2.03. The first-order valence-electron chi connectivity index (χ1n) is 12.1. The van der Waals surface area contributed by atoms with Gasteiger partial charge in [-0.25, -0.2) is 9.97 Å². The van der Waals surface area contributed by atoms with Crippen LogP contribution in [0.25, 0.3) is 11.5 Å². The number of morpholine rings is 1. The number of nitrogens with zero attached hydrogens (tertiary/aromatic N) is 7. The molecule has 1 N–H and O–H groups in total. The standard InChI is InChI=1S/C25H32N8O2/c1-15(2)33-14-27-30-24(33)20-7-6-8-22(28-20)32-13-19-18(25(32)34)9-23(29-21(19)10-26-5)31-11-16(3)35-17(4)12-31/h6-9,14-17,26H,10-13H2,1-5H3. The van der Waals surface area contributed by atoms with Crippen LogP contribution in [0.5, 0.6) is 0 Å². The summed E-state index contributed by atoms with van der Waals surface area (Å²) in [4.78, 5) is 27.4. The maximum Gasteiger partial charge on any atom is 0.260 e. The lowest BCUT2D eigenvalue weighted by atomic mass is 10.1. The molecule has 10 nitrogen and oxygen atoms in total. The van der Waals surface area contributed by atoms with Gasteiger partial charge < -0.3 is 19.5 Å². The highest BCUT2D eigenvalue weighted by molar-refractivity contribution is 6.10. The van der Waals surface area contributed by atoms with Crippen molar-refractivity contribution in [1.82, 2.24) is 30.0 Å². The molecule has 3 aromatic rings. The Morgan fingerprint density at radius 2 is 1.91 bits per heavy atom. The molecule has 1 saturated heterocycles. The van der Waals surface area contributed by atoms with Gasteiger partial charge in [0, 0.05) is 31.2 Å². The highest BCUT2D eigenvalue weighted by Crippen LogP contribution is 2.33. The first kappa shape index (κ1) is 23.4. The lowest BCUT2D eigenvalue weighted by Gasteiger charge is -2.36. The third-order valence-electron chi connectivity index (χ3n) is 6.45. The first-order valence-corrected chi connectivity index (χ1v) is 12.1. The quantitative estimate of drug-likeness (QED) is 0.580. The molecule has 2 aliphatic heterocycles. The summed E-state index contributed by atoms with van der Waals surface area (Å²) in [5.41, 5.74) is 3.20. The van der Waals surface area contributed by atoms with E-state index in [1.807, 2.05) is 35.9 Å². The fourth-order valence-corrected chi connectivity index (χ4v) is 4.88. The lowest BCUT2D eigenvalue weighted by molar-refractivity contribution is -0.00547. The van der Waals surface area contributed by atoms with Crippen molar-refractivity contribution in [2.24, 2.45) is 0 Å². The van der Waals surface area contributed by atoms with E-state index in [-0.39, 0.29) is 24.2 Å². The number of carbonyl (C=O) groups excluding carboxylic acids is 1. The third-order valence-corrected chi connectivity index (χ3v) is 6.45. The fourth-order valence-electron chi connectivity index (χ4n) is 4.88. The van der Waals surface area contributed by atoms with E-state index < -0.39 is 0 Å². The van der Waals surface area contributed by atoms with Crippen LogP contribution in [0, 0.1) is 0 Å². The zero-order valence-electron chi connectivity index (χ0n) is 20.9. The number of anilines is 2. The summed E-state index contributed by atoms with van der Waals surface area (Å²) in [6.07, 6.45) is 1.91. The summed E-state index contributed by atoms with van der Waals surface area (Å²) < 4.78 is 7.86. The summed E-state index contributed by atoms with van der Waals surface area (Å²) in [5, 5.41) is 11.5. The zero-order chi connectivity index (χ0) is 24.7. The lowest BCUT2D eigenvalue weighted by Crippen LogP contribution is -2.46. The topological polar surface area (TPSA) is 101 Å². The van der Waals surface area contributed by atoms with Crippen molar-refractivity contribution < 1.29 is 9.53 Å². The number of rotatable bonds is 6. The van der Waals surface area contributed by atoms with Crippen molar-refractivity contribution >= 4 is 17.5 Å². The Labute approximate surface area is 205 Å². The summed E-state index contributed by atoms with van der Waals surface area (Å²) >= 11 is 0. The fraction of sp³-hybridized carbons (Fsp3) is 0.480. The minimum Gasteiger partial charge on any atom is -0.372 e. The molecule has 1 amide bonds. The Morgan fingerprint density at radius 3 is 2.63 bits per heavy atom. The number of ether oxygens (including phenoxy) is 1. The van der Waals surface area contributed by atoms with Crippen molar-refractivity contribution in [3.05, 3.63) is 47.4 Å². The molecule has 2 aliphatic rings. The zero-order valence-corrected chi connectivity index (χ0v) is 20.9. The number of pyridine rings is 2. The monoisotopic (exact) mass is 476 g/mol. The SMILES string of the molecule is CNCc1nc(N2CC(C)OC(C)C2)cc2c1CN(c1cccc(-c3nncn3C(C)C)n1)C2=O. The molecule has 0 aliphatic carbocycles. The van der Waals surface area contributed by atoms with E-state index >= 15 is 0 Å². The molecule has 0 saturated carbocycles. The van der Waals surface area contributed by atoms with Crippen LogP contribution in [0.2, 0.25) is 0 Å². The van der Waals surface area contributed by atoms with Gasteiger partial charge in [-0.15, -0.1) is 10.2 Å². The average molecular weight is 477 g/mol. The molecule has 0 radical (unpaired) electrons. The van der Waals surface area contributed by atoms with Crippen LogP contribution in [0.3, 0.4) is 0 Å². The summed E-state index contributed by atoms with van der Waals surface area (Å²) in [6, 6.07) is 7.79. The minimum absolute atomic E-state index is 0.0645. The molecule has 1 fully saturated rings. The Hall–Kier alpha value is -3.37. The van der Waals surface area contributed by atoms with E-state index in [2.05, 4.69) is 48.1 Å². The number of aromatic nitrogens is 5. The van der Waals surface area contributed by atoms with Gasteiger partial charge in [-0.2, -0.15) is 0 Å². The van der Waals surface area contributed by atoms with Gasteiger partial charge in [0.05, 0.1) is 30.0 Å². The smallest absolute Gasteiger partial charge is 0.260 e. The molecule has 3 aromatic heterocycles. The molecule has 0 aromatic carbocycles. The van der Waals surface area contributed by atoms with Crippen LogP contribution in [0.4, 0.5) is 11.6 Å². The average Bonchev–Trinajstić information content (AvgIpc) is 3.44. The van der Waals surface area contributed by atoms with Crippen molar-refractivity contribution in [1.29, 1.82) is 0 Å². The molecule has 2 atom stereocenters. The number of nitrogens with one attached hydrogen (secondary N) is 1. The number of hydrogen-bond acceptors (Lipinski definition) is 8. The number of carbonyl (C=O) groups is 1. The van der Waals surface area contributed by atoms with Crippen molar-refractivity contribution in [3.63, 3.8) is 0 Å². The van der Waals surface area contributed by atoms with Gasteiger partial charge in [0.2, 0.25) is 0 Å². The van der Waals surface area contributed by atoms with Gasteiger partial charge in [-0.1, -0.05) is 6.07 Å². The van der Waals surface area contributed by atoms with Crippen molar-refractivity contribution in [2.45, 2.75) is 59.0 Å². The molecule has 0 spiro atoms. The number of fused-ring (bicyclic) bond motifs is 1. The Balaban J connectivity index is 1.49. The number of amides is 1. The molecular formula is C25H32N8O2. The molecule has 0 bridgehead atoms. The van der Waals surface area contributed by atoms with Crippen LogP contribution in [-0.4, -0.2) is 63.0 Å². The Bertz CT molecular complexity index is 1230. The summed E-state index contributed by atoms with van der Waals surface area (Å²) in [6.45, 7) is 10.8. The van der Waals surface area contributed by atoms with E-state index in [0.717, 1.165) is 30.2 Å². The first-order chi connectivity index (χ1) is 16.9. The second-order valence-corrected chi connectivity index (χ2v) is 9.57. The molecule has 184 valence electrons. The second kappa shape index (κ2) is 9.35. The Morgan fingerprint density at radius 1 is 1.14 bits per heavy atom. The van der Waals surface area contributed by atoms with E-state index in [1.165, 1.54) is 0 Å². The van der Waals surface area contributed by atoms with Crippen LogP contribution >= 0.6 is 0 Å². The highest BCUT2D eigenvalue weighted by atomic mass is 16.5. The van der Waals surface area contributed by atoms with E-state index in [0.29, 0.717) is 36.0 Å². The van der Waals surface area contributed by atoms with Crippen molar-refractivity contribution in [3.8, 4) is 11.5 Å². The van der Waals surface area contributed by atoms with Gasteiger partial charge in [0.15, 0.2) is 5.82 Å². The van der Waals surface area contributed by atoms with Crippen molar-refractivity contribution in [2.75, 3.05) is 29.9 Å². The highest BCUT2D eigenvalue weighted by Gasteiger charge is 2.34. The summed E-state index contributed by atoms with van der Waals surface area (Å²) in [7, 11) is 1.89. The molecule has 5 rings (SSSR count). The van der Waals surface area contributed by atoms with Gasteiger partial charge in [-0.05, 0) is 52.9 Å². The van der Waals surface area contributed by atoms with Crippen LogP contribution < -0.4 is 15.1 Å². The van der Waals surface area contributed by atoms with Gasteiger partial charge >= 0.3 is 0 Å². The largest absolute Gasteiger partial charge is 0.372 e. The van der Waals surface area contributed by atoms with E-state index in [1.54, 1.807) is 11.2 Å². The molecule has 2 unspecified atom stereocenters. The third kappa shape index (κ3) is 4.39. The van der Waals surface area contributed by atoms with Gasteiger partial charge in [0.25, 0.3) is 5.91 Å². The molecule has 35 heavy (non-hydrogen) atoms. The van der Waals surface area contributed by atoms with E-state index in [9.17, 15) is 4.79 Å². The van der Waals surface area contributed by atoms with Crippen LogP contribution in [0.15, 0.2) is 30.6 Å². The maximum atomic E-state index is 13.7. The van der Waals surface area contributed by atoms with Gasteiger partial charge in [-0.3, -0.25) is 9.69 Å². The molecular weight excluding hydrogens is 444 g/mol. The minimum atomic E-state index is -0.0645. The second-order valence-electron chi connectivity index (χ2n) is 9.57. The maximum absolute atomic E-state index is 13.7. The molecule has 5 heterocycles. The van der Waals surface area contributed by atoms with E-state index in [4.69, 9.17) is 14.7 Å². The predicted octanol–water partition coefficient (Wildman–Crippen LogP) is 2.81. The number of hydrogen-bond donors (Lipinski definition) is 1.